The zero-order valence-electron chi connectivity index (χ0n) is 11.0. The number of alkyl halides is 1. The molecule has 0 bridgehead atoms. The molecule has 0 atom stereocenters. The summed E-state index contributed by atoms with van der Waals surface area (Å²) in [7, 11) is 0. The van der Waals surface area contributed by atoms with E-state index in [2.05, 4.69) is 34.6 Å². The first kappa shape index (κ1) is 12.9. The van der Waals surface area contributed by atoms with Crippen LogP contribution >= 0.6 is 11.6 Å². The Labute approximate surface area is 119 Å². The summed E-state index contributed by atoms with van der Waals surface area (Å²) < 4.78 is 0. The second kappa shape index (κ2) is 5.48. The number of nitrogens with one attached hydrogen (secondary N) is 1. The maximum Gasteiger partial charge on any atom is 0.0746 e. The largest absolute Gasteiger partial charge is 0.306 e. The lowest BCUT2D eigenvalue weighted by Gasteiger charge is -2.28. The minimum atomic E-state index is 0.137. The summed E-state index contributed by atoms with van der Waals surface area (Å²) in [6.07, 6.45) is 6.81. The molecule has 2 nitrogen and oxygen atoms in total. The molecule has 0 radical (unpaired) electrons. The van der Waals surface area contributed by atoms with Crippen molar-refractivity contribution in [2.75, 3.05) is 5.88 Å². The van der Waals surface area contributed by atoms with Gasteiger partial charge in [0.1, 0.15) is 0 Å². The van der Waals surface area contributed by atoms with Crippen molar-refractivity contribution < 1.29 is 0 Å². The van der Waals surface area contributed by atoms with Crippen LogP contribution in [0.5, 0.6) is 0 Å². The number of rotatable bonds is 4. The number of aromatic nitrogens is 1. The maximum absolute atomic E-state index is 6.17. The summed E-state index contributed by atoms with van der Waals surface area (Å²) in [6.45, 7) is 0.848. The lowest BCUT2D eigenvalue weighted by molar-refractivity contribution is 0.368. The number of hydrogen-bond donors (Lipinski definition) is 1. The molecule has 0 saturated heterocycles. The third-order valence-electron chi connectivity index (χ3n) is 4.19. The van der Waals surface area contributed by atoms with Gasteiger partial charge < -0.3 is 5.32 Å². The van der Waals surface area contributed by atoms with E-state index >= 15 is 0 Å². The number of hydrogen-bond acceptors (Lipinski definition) is 2. The first-order valence-corrected chi connectivity index (χ1v) is 7.50. The van der Waals surface area contributed by atoms with Crippen LogP contribution in [0.3, 0.4) is 0 Å². The predicted molar refractivity (Wildman–Crippen MR) is 80.5 cm³/mol. The summed E-state index contributed by atoms with van der Waals surface area (Å²) >= 11 is 6.17. The number of benzene rings is 1. The summed E-state index contributed by atoms with van der Waals surface area (Å²) in [5, 5.41) is 4.88. The predicted octanol–water partition coefficient (Wildman–Crippen LogP) is 3.88. The quantitative estimate of drug-likeness (QED) is 0.856. The first-order chi connectivity index (χ1) is 9.33. The van der Waals surface area contributed by atoms with Crippen LogP contribution in [0.4, 0.5) is 0 Å². The SMILES string of the molecule is ClCC1(NCc2cccc3cccnc23)CCCC1. The third kappa shape index (κ3) is 2.60. The van der Waals surface area contributed by atoms with E-state index in [1.54, 1.807) is 0 Å². The highest BCUT2D eigenvalue weighted by Gasteiger charge is 2.32. The van der Waals surface area contributed by atoms with Gasteiger partial charge in [-0.25, -0.2) is 0 Å². The summed E-state index contributed by atoms with van der Waals surface area (Å²) in [5.74, 6) is 0.700. The molecule has 1 aromatic carbocycles. The van der Waals surface area contributed by atoms with Crippen molar-refractivity contribution >= 4 is 22.5 Å². The topological polar surface area (TPSA) is 24.9 Å². The molecule has 100 valence electrons. The van der Waals surface area contributed by atoms with Gasteiger partial charge in [0.05, 0.1) is 5.52 Å². The highest BCUT2D eigenvalue weighted by molar-refractivity contribution is 6.18. The van der Waals surface area contributed by atoms with Gasteiger partial charge in [-0.15, -0.1) is 11.6 Å². The molecule has 3 heteroatoms. The Bertz CT molecular complexity index is 556. The summed E-state index contributed by atoms with van der Waals surface area (Å²) in [5.41, 5.74) is 2.49. The van der Waals surface area contributed by atoms with Crippen LogP contribution in [0.2, 0.25) is 0 Å². The first-order valence-electron chi connectivity index (χ1n) is 6.97. The molecule has 0 aliphatic heterocycles. The van der Waals surface area contributed by atoms with Crippen molar-refractivity contribution in [3.63, 3.8) is 0 Å². The number of halogens is 1. The average Bonchev–Trinajstić information content (AvgIpc) is 2.94. The Morgan fingerprint density at radius 3 is 2.74 bits per heavy atom. The van der Waals surface area contributed by atoms with E-state index in [9.17, 15) is 0 Å². The Hall–Kier alpha value is -1.12. The van der Waals surface area contributed by atoms with Crippen molar-refractivity contribution in [3.8, 4) is 0 Å². The average molecular weight is 275 g/mol. The Morgan fingerprint density at radius 2 is 1.95 bits per heavy atom. The van der Waals surface area contributed by atoms with E-state index in [-0.39, 0.29) is 5.54 Å². The maximum atomic E-state index is 6.17. The summed E-state index contributed by atoms with van der Waals surface area (Å²) in [4.78, 5) is 4.50. The van der Waals surface area contributed by atoms with Gasteiger partial charge in [0, 0.05) is 29.5 Å². The van der Waals surface area contributed by atoms with Gasteiger partial charge in [-0.2, -0.15) is 0 Å². The number of pyridine rings is 1. The highest BCUT2D eigenvalue weighted by Crippen LogP contribution is 2.31. The van der Waals surface area contributed by atoms with Crippen LogP contribution in [-0.4, -0.2) is 16.4 Å². The van der Waals surface area contributed by atoms with Crippen LogP contribution < -0.4 is 5.32 Å². The minimum absolute atomic E-state index is 0.137. The van der Waals surface area contributed by atoms with E-state index in [0.717, 1.165) is 12.1 Å². The smallest absolute Gasteiger partial charge is 0.0746 e. The van der Waals surface area contributed by atoms with Crippen LogP contribution in [-0.2, 0) is 6.54 Å². The van der Waals surface area contributed by atoms with Crippen molar-refractivity contribution in [2.24, 2.45) is 0 Å². The van der Waals surface area contributed by atoms with Gasteiger partial charge in [0.25, 0.3) is 0 Å². The molecule has 1 aliphatic carbocycles. The standard InChI is InChI=1S/C16H19ClN2/c17-12-16(8-1-2-9-16)19-11-14-6-3-5-13-7-4-10-18-15(13)14/h3-7,10,19H,1-2,8-9,11-12H2. The normalized spacial score (nSPS) is 17.9. The highest BCUT2D eigenvalue weighted by atomic mass is 35.5. The van der Waals surface area contributed by atoms with Crippen LogP contribution in [0.1, 0.15) is 31.2 Å². The summed E-state index contributed by atoms with van der Waals surface area (Å²) in [6, 6.07) is 10.5. The molecule has 1 aliphatic rings. The van der Waals surface area contributed by atoms with Gasteiger partial charge >= 0.3 is 0 Å². The van der Waals surface area contributed by atoms with Crippen molar-refractivity contribution in [1.29, 1.82) is 0 Å². The lowest BCUT2D eigenvalue weighted by atomic mass is 9.99. The second-order valence-corrected chi connectivity index (χ2v) is 5.73. The van der Waals surface area contributed by atoms with Crippen molar-refractivity contribution in [3.05, 3.63) is 42.1 Å². The van der Waals surface area contributed by atoms with Crippen molar-refractivity contribution in [1.82, 2.24) is 10.3 Å². The van der Waals surface area contributed by atoms with Gasteiger partial charge in [0.2, 0.25) is 0 Å². The van der Waals surface area contributed by atoms with Crippen molar-refractivity contribution in [2.45, 2.75) is 37.8 Å². The molecule has 1 N–H and O–H groups in total. The number of para-hydroxylation sites is 1. The number of nitrogens with zero attached hydrogens (tertiary/aromatic N) is 1. The fraction of sp³-hybridized carbons (Fsp3) is 0.438. The molecule has 1 heterocycles. The molecule has 3 rings (SSSR count). The third-order valence-corrected chi connectivity index (χ3v) is 4.70. The molecule has 0 unspecified atom stereocenters. The van der Waals surface area contributed by atoms with Gasteiger partial charge in [-0.05, 0) is 24.5 Å². The van der Waals surface area contributed by atoms with E-state index in [4.69, 9.17) is 11.6 Å². The molecule has 0 amide bonds. The molecule has 19 heavy (non-hydrogen) atoms. The Kier molecular flexibility index (Phi) is 3.72. The van der Waals surface area contributed by atoms with Crippen LogP contribution in [0.15, 0.2) is 36.5 Å². The van der Waals surface area contributed by atoms with E-state index in [1.807, 2.05) is 12.3 Å². The molecule has 2 aromatic rings. The number of fused-ring (bicyclic) bond motifs is 1. The molecule has 1 saturated carbocycles. The van der Waals surface area contributed by atoms with Crippen LogP contribution in [0.25, 0.3) is 10.9 Å². The van der Waals surface area contributed by atoms with Gasteiger partial charge in [0.15, 0.2) is 0 Å². The zero-order valence-corrected chi connectivity index (χ0v) is 11.8. The Balaban J connectivity index is 1.82. The van der Waals surface area contributed by atoms with E-state index in [0.29, 0.717) is 5.88 Å². The lowest BCUT2D eigenvalue weighted by Crippen LogP contribution is -2.43. The fourth-order valence-corrected chi connectivity index (χ4v) is 3.36. The molecule has 0 spiro atoms. The minimum Gasteiger partial charge on any atom is -0.306 e. The van der Waals surface area contributed by atoms with E-state index < -0.39 is 0 Å². The molecular weight excluding hydrogens is 256 g/mol. The van der Waals surface area contributed by atoms with Gasteiger partial charge in [-0.3, -0.25) is 4.98 Å². The van der Waals surface area contributed by atoms with Gasteiger partial charge in [-0.1, -0.05) is 37.1 Å². The van der Waals surface area contributed by atoms with E-state index in [1.165, 1.54) is 36.6 Å². The second-order valence-electron chi connectivity index (χ2n) is 5.47. The fourth-order valence-electron chi connectivity index (χ4n) is 3.00. The molecule has 1 fully saturated rings. The molecule has 1 aromatic heterocycles. The van der Waals surface area contributed by atoms with Crippen LogP contribution in [0, 0.1) is 0 Å². The monoisotopic (exact) mass is 274 g/mol. The Morgan fingerprint density at radius 1 is 1.16 bits per heavy atom. The molecular formula is C16H19ClN2. The zero-order chi connectivity index (χ0) is 13.1.